The molecule has 0 heterocycles. The summed E-state index contributed by atoms with van der Waals surface area (Å²) in [6, 6.07) is 11.0. The number of carbonyl (C=O) groups is 1. The van der Waals surface area contributed by atoms with Crippen LogP contribution in [-0.4, -0.2) is 30.5 Å². The number of benzene rings is 2. The molecular formula is C19H20Cl2N2O2S2. The van der Waals surface area contributed by atoms with Gasteiger partial charge in [-0.25, -0.2) is 4.79 Å². The fraction of sp³-hybridized carbons (Fsp3) is 0.263. The third-order valence-corrected chi connectivity index (χ3v) is 5.79. The first-order chi connectivity index (χ1) is 12.9. The Kier molecular flexibility index (Phi) is 8.70. The van der Waals surface area contributed by atoms with Crippen LogP contribution in [0, 0.1) is 6.92 Å². The minimum atomic E-state index is -0.367. The Morgan fingerprint density at radius 3 is 2.70 bits per heavy atom. The zero-order valence-electron chi connectivity index (χ0n) is 15.0. The second-order valence-corrected chi connectivity index (χ2v) is 7.98. The molecule has 0 atom stereocenters. The molecule has 0 radical (unpaired) electrons. The topological polar surface area (TPSA) is 50.4 Å². The second-order valence-electron chi connectivity index (χ2n) is 5.65. The van der Waals surface area contributed by atoms with Crippen LogP contribution in [0.15, 0.2) is 36.4 Å². The van der Waals surface area contributed by atoms with Gasteiger partial charge in [0.15, 0.2) is 5.11 Å². The average molecular weight is 443 g/mol. The van der Waals surface area contributed by atoms with Crippen LogP contribution in [0.3, 0.4) is 0 Å². The lowest BCUT2D eigenvalue weighted by atomic mass is 10.1. The minimum Gasteiger partial charge on any atom is -0.465 e. The first kappa shape index (κ1) is 21.8. The molecule has 0 aliphatic carbocycles. The van der Waals surface area contributed by atoms with Gasteiger partial charge in [-0.2, -0.15) is 11.8 Å². The number of methoxy groups -OCH3 is 1. The Hall–Kier alpha value is -1.47. The van der Waals surface area contributed by atoms with Crippen molar-refractivity contribution in [1.82, 2.24) is 5.32 Å². The molecule has 144 valence electrons. The van der Waals surface area contributed by atoms with Crippen LogP contribution in [0.1, 0.15) is 21.5 Å². The third-order valence-electron chi connectivity index (χ3n) is 3.77. The van der Waals surface area contributed by atoms with E-state index in [9.17, 15) is 4.79 Å². The summed E-state index contributed by atoms with van der Waals surface area (Å²) in [7, 11) is 1.36. The number of anilines is 1. The molecule has 2 N–H and O–H groups in total. The van der Waals surface area contributed by atoms with Crippen LogP contribution in [0.4, 0.5) is 5.69 Å². The van der Waals surface area contributed by atoms with Gasteiger partial charge in [0.05, 0.1) is 22.7 Å². The number of halogens is 2. The van der Waals surface area contributed by atoms with Gasteiger partial charge in [0.1, 0.15) is 0 Å². The van der Waals surface area contributed by atoms with Crippen molar-refractivity contribution >= 4 is 64.0 Å². The monoisotopic (exact) mass is 442 g/mol. The molecule has 0 unspecified atom stereocenters. The van der Waals surface area contributed by atoms with Crippen molar-refractivity contribution in [1.29, 1.82) is 0 Å². The van der Waals surface area contributed by atoms with Crippen molar-refractivity contribution in [2.75, 3.05) is 24.7 Å². The third kappa shape index (κ3) is 6.57. The van der Waals surface area contributed by atoms with Crippen molar-refractivity contribution < 1.29 is 9.53 Å². The molecule has 0 amide bonds. The fourth-order valence-corrected chi connectivity index (χ4v) is 3.66. The average Bonchev–Trinajstić information content (AvgIpc) is 2.65. The van der Waals surface area contributed by atoms with Gasteiger partial charge >= 0.3 is 5.97 Å². The lowest BCUT2D eigenvalue weighted by Gasteiger charge is -2.14. The number of carbonyl (C=O) groups excluding carboxylic acids is 1. The number of thiocarbonyl (C=S) groups is 1. The Morgan fingerprint density at radius 2 is 2.00 bits per heavy atom. The van der Waals surface area contributed by atoms with E-state index in [0.717, 1.165) is 28.3 Å². The van der Waals surface area contributed by atoms with Gasteiger partial charge in [0.25, 0.3) is 0 Å². The lowest BCUT2D eigenvalue weighted by molar-refractivity contribution is 0.0600. The lowest BCUT2D eigenvalue weighted by Crippen LogP contribution is -2.30. The summed E-state index contributed by atoms with van der Waals surface area (Å²) >= 11 is 19.0. The van der Waals surface area contributed by atoms with Crippen molar-refractivity contribution in [3.05, 3.63) is 63.1 Å². The van der Waals surface area contributed by atoms with Crippen LogP contribution < -0.4 is 10.6 Å². The van der Waals surface area contributed by atoms with Gasteiger partial charge in [-0.1, -0.05) is 35.3 Å². The highest BCUT2D eigenvalue weighted by Crippen LogP contribution is 2.24. The first-order valence-corrected chi connectivity index (χ1v) is 10.5. The van der Waals surface area contributed by atoms with Crippen LogP contribution in [0.25, 0.3) is 0 Å². The summed E-state index contributed by atoms with van der Waals surface area (Å²) < 4.78 is 4.79. The van der Waals surface area contributed by atoms with E-state index >= 15 is 0 Å². The molecule has 27 heavy (non-hydrogen) atoms. The summed E-state index contributed by atoms with van der Waals surface area (Å²) in [5, 5.41) is 7.93. The van der Waals surface area contributed by atoms with Crippen molar-refractivity contribution in [2.24, 2.45) is 0 Å². The summed E-state index contributed by atoms with van der Waals surface area (Å²) in [5.74, 6) is 1.36. The molecular weight excluding hydrogens is 423 g/mol. The first-order valence-electron chi connectivity index (χ1n) is 8.17. The quantitative estimate of drug-likeness (QED) is 0.344. The molecule has 4 nitrogen and oxygen atoms in total. The van der Waals surface area contributed by atoms with Crippen molar-refractivity contribution in [2.45, 2.75) is 12.7 Å². The molecule has 0 aliphatic rings. The van der Waals surface area contributed by atoms with Gasteiger partial charge in [-0.3, -0.25) is 0 Å². The smallest absolute Gasteiger partial charge is 0.338 e. The molecule has 0 aliphatic heterocycles. The molecule has 8 heteroatoms. The predicted molar refractivity (Wildman–Crippen MR) is 119 cm³/mol. The highest BCUT2D eigenvalue weighted by molar-refractivity contribution is 7.98. The van der Waals surface area contributed by atoms with E-state index in [1.807, 2.05) is 31.2 Å². The summed E-state index contributed by atoms with van der Waals surface area (Å²) in [6.07, 6.45) is 0. The van der Waals surface area contributed by atoms with E-state index in [1.165, 1.54) is 7.11 Å². The maximum atomic E-state index is 11.8. The number of hydrogen-bond donors (Lipinski definition) is 2. The molecule has 2 aromatic carbocycles. The van der Waals surface area contributed by atoms with E-state index in [0.29, 0.717) is 27.3 Å². The molecule has 2 rings (SSSR count). The predicted octanol–water partition coefficient (Wildman–Crippen LogP) is 5.31. The SMILES string of the molecule is COC(=O)c1cccc(NC(=S)NCCSCc2ccc(Cl)c(Cl)c2)c1C. The number of hydrogen-bond acceptors (Lipinski definition) is 4. The van der Waals surface area contributed by atoms with Crippen molar-refractivity contribution in [3.63, 3.8) is 0 Å². The van der Waals surface area contributed by atoms with Gasteiger partial charge < -0.3 is 15.4 Å². The summed E-state index contributed by atoms with van der Waals surface area (Å²) in [5.41, 5.74) is 3.22. The summed E-state index contributed by atoms with van der Waals surface area (Å²) in [4.78, 5) is 11.8. The maximum Gasteiger partial charge on any atom is 0.338 e. The summed E-state index contributed by atoms with van der Waals surface area (Å²) in [6.45, 7) is 2.57. The van der Waals surface area contributed by atoms with Crippen LogP contribution in [0.5, 0.6) is 0 Å². The molecule has 0 saturated carbocycles. The number of thioether (sulfide) groups is 1. The normalized spacial score (nSPS) is 10.4. The van der Waals surface area contributed by atoms with Gasteiger partial charge in [0.2, 0.25) is 0 Å². The highest BCUT2D eigenvalue weighted by atomic mass is 35.5. The highest BCUT2D eigenvalue weighted by Gasteiger charge is 2.12. The molecule has 0 aromatic heterocycles. The Labute approximate surface area is 179 Å². The van der Waals surface area contributed by atoms with Crippen molar-refractivity contribution in [3.8, 4) is 0 Å². The van der Waals surface area contributed by atoms with E-state index in [1.54, 1.807) is 23.9 Å². The number of esters is 1. The van der Waals surface area contributed by atoms with E-state index in [2.05, 4.69) is 10.6 Å². The van der Waals surface area contributed by atoms with E-state index < -0.39 is 0 Å². The standard InChI is InChI=1S/C19H20Cl2N2O2S2/c1-12-14(18(24)25-2)4-3-5-17(12)23-19(26)22-8-9-27-11-13-6-7-15(20)16(21)10-13/h3-7,10H,8-9,11H2,1-2H3,(H2,22,23,26). The van der Waals surface area contributed by atoms with E-state index in [-0.39, 0.29) is 5.97 Å². The largest absolute Gasteiger partial charge is 0.465 e. The Morgan fingerprint density at radius 1 is 1.22 bits per heavy atom. The van der Waals surface area contributed by atoms with Gasteiger partial charge in [0, 0.05) is 23.7 Å². The van der Waals surface area contributed by atoms with Gasteiger partial charge in [-0.05, 0) is 54.5 Å². The molecule has 0 bridgehead atoms. The number of rotatable bonds is 7. The number of ether oxygens (including phenoxy) is 1. The second kappa shape index (κ2) is 10.8. The zero-order chi connectivity index (χ0) is 19.8. The van der Waals surface area contributed by atoms with Crippen LogP contribution in [-0.2, 0) is 10.5 Å². The minimum absolute atomic E-state index is 0.367. The molecule has 0 fully saturated rings. The van der Waals surface area contributed by atoms with E-state index in [4.69, 9.17) is 40.2 Å². The Balaban J connectivity index is 1.76. The number of nitrogens with one attached hydrogen (secondary N) is 2. The Bertz CT molecular complexity index is 831. The molecule has 0 saturated heterocycles. The van der Waals surface area contributed by atoms with Gasteiger partial charge in [-0.15, -0.1) is 0 Å². The zero-order valence-corrected chi connectivity index (χ0v) is 18.1. The maximum absolute atomic E-state index is 11.8. The van der Waals surface area contributed by atoms with Crippen LogP contribution in [0.2, 0.25) is 10.0 Å². The fourth-order valence-electron chi connectivity index (χ4n) is 2.32. The molecule has 2 aromatic rings. The van der Waals surface area contributed by atoms with Crippen LogP contribution >= 0.6 is 47.2 Å². The molecule has 0 spiro atoms.